The molecule has 0 radical (unpaired) electrons. The molecule has 0 aliphatic carbocycles. The quantitative estimate of drug-likeness (QED) is 0.397. The number of nitrogens with zero attached hydrogens (tertiary/aromatic N) is 2. The van der Waals surface area contributed by atoms with E-state index in [1.807, 2.05) is 0 Å². The Hall–Kier alpha value is 1.14. The van der Waals surface area contributed by atoms with Crippen LogP contribution in [0.1, 0.15) is 6.42 Å². The molecule has 3 N–H and O–H groups in total. The van der Waals surface area contributed by atoms with Crippen molar-refractivity contribution >= 4 is 50.5 Å². The molecule has 120 valence electrons. The van der Waals surface area contributed by atoms with Gasteiger partial charge in [0.2, 0.25) is 0 Å². The van der Waals surface area contributed by atoms with Gasteiger partial charge in [-0.25, -0.2) is 19.2 Å². The first kappa shape index (κ1) is 19.2. The van der Waals surface area contributed by atoms with Crippen molar-refractivity contribution in [1.29, 1.82) is 0 Å². The molecule has 1 heterocycles. The van der Waals surface area contributed by atoms with E-state index < -0.39 is 18.7 Å². The Morgan fingerprint density at radius 1 is 1.35 bits per heavy atom. The van der Waals surface area contributed by atoms with E-state index in [1.165, 1.54) is 0 Å². The zero-order chi connectivity index (χ0) is 15.0. The monoisotopic (exact) mass is 454 g/mol. The van der Waals surface area contributed by atoms with E-state index >= 15 is 0 Å². The summed E-state index contributed by atoms with van der Waals surface area (Å²) in [4.78, 5) is 0. The summed E-state index contributed by atoms with van der Waals surface area (Å²) in [5, 5.41) is 6.70. The molecular formula is C9H21Br2N4O3PS. The van der Waals surface area contributed by atoms with Crippen LogP contribution < -0.4 is 9.86 Å². The molecule has 0 saturated carbocycles. The fraction of sp³-hybridized carbons (Fsp3) is 1.00. The second-order valence-electron chi connectivity index (χ2n) is 4.16. The van der Waals surface area contributed by atoms with Gasteiger partial charge < -0.3 is 4.52 Å². The second-order valence-corrected chi connectivity index (χ2v) is 9.02. The fourth-order valence-electron chi connectivity index (χ4n) is 1.81. The average Bonchev–Trinajstić information content (AvgIpc) is 2.38. The predicted molar refractivity (Wildman–Crippen MR) is 89.3 cm³/mol. The molecule has 0 amide bonds. The summed E-state index contributed by atoms with van der Waals surface area (Å²) in [6.45, 7) is 4.37. The molecule has 0 spiro atoms. The van der Waals surface area contributed by atoms with Crippen LogP contribution in [0.25, 0.3) is 0 Å². The highest BCUT2D eigenvalue weighted by atomic mass is 79.9. The van der Waals surface area contributed by atoms with Gasteiger partial charge in [-0.05, 0) is 6.42 Å². The van der Waals surface area contributed by atoms with Gasteiger partial charge in [-0.2, -0.15) is 8.42 Å². The lowest BCUT2D eigenvalue weighted by atomic mass is 10.4. The van der Waals surface area contributed by atoms with Gasteiger partial charge in [-0.3, -0.25) is 0 Å². The number of rotatable bonds is 9. The van der Waals surface area contributed by atoms with E-state index in [0.29, 0.717) is 13.1 Å². The summed E-state index contributed by atoms with van der Waals surface area (Å²) in [6.07, 6.45) is 0.963. The van der Waals surface area contributed by atoms with Crippen LogP contribution in [-0.4, -0.2) is 67.7 Å². The molecule has 11 heteroatoms. The Bertz CT molecular complexity index is 370. The molecule has 1 unspecified atom stereocenters. The topological polar surface area (TPSA) is 87.9 Å². The minimum Gasteiger partial charge on any atom is -0.331 e. The van der Waals surface area contributed by atoms with Crippen LogP contribution >= 0.6 is 40.3 Å². The highest BCUT2D eigenvalue weighted by molar-refractivity contribution is 9.09. The maximum Gasteiger partial charge on any atom is 0.274 e. The standard InChI is InChI=1S/C9H21Br2N4O3PS/c10-2-6-15(7-3-11)19-14(5-1-9-18-19)8-4-13-20(12,16)17/h13H,1-9H2,(H2,12,16,17). The summed E-state index contributed by atoms with van der Waals surface area (Å²) in [5.41, 5.74) is 0. The van der Waals surface area contributed by atoms with Gasteiger partial charge >= 0.3 is 0 Å². The van der Waals surface area contributed by atoms with Crippen molar-refractivity contribution in [2.24, 2.45) is 5.14 Å². The van der Waals surface area contributed by atoms with Crippen molar-refractivity contribution in [2.75, 3.05) is 50.0 Å². The molecule has 0 bridgehead atoms. The summed E-state index contributed by atoms with van der Waals surface area (Å²) in [5.74, 6) is 0. The van der Waals surface area contributed by atoms with Gasteiger partial charge in [0.05, 0.1) is 6.61 Å². The zero-order valence-corrected chi connectivity index (χ0v) is 16.1. The first-order chi connectivity index (χ1) is 9.48. The lowest BCUT2D eigenvalue weighted by Gasteiger charge is -2.40. The van der Waals surface area contributed by atoms with Crippen molar-refractivity contribution < 1.29 is 12.9 Å². The van der Waals surface area contributed by atoms with Gasteiger partial charge in [0.1, 0.15) is 0 Å². The Labute approximate surface area is 139 Å². The first-order valence-corrected chi connectivity index (χ1v) is 11.3. The number of halogens is 2. The van der Waals surface area contributed by atoms with Crippen LogP contribution in [0.2, 0.25) is 0 Å². The molecule has 0 aromatic carbocycles. The fourth-order valence-corrected chi connectivity index (χ4v) is 5.70. The number of nitrogens with two attached hydrogens (primary N) is 1. The van der Waals surface area contributed by atoms with Gasteiger partial charge in [0.25, 0.3) is 10.2 Å². The molecule has 0 aromatic rings. The third-order valence-corrected chi connectivity index (χ3v) is 6.11. The Kier molecular flexibility index (Phi) is 9.61. The molecule has 0 aromatic heterocycles. The molecule has 1 saturated heterocycles. The normalized spacial score (nSPS) is 21.5. The smallest absolute Gasteiger partial charge is 0.274 e. The number of alkyl halides is 2. The van der Waals surface area contributed by atoms with Crippen LogP contribution in [-0.2, 0) is 14.7 Å². The van der Waals surface area contributed by atoms with Crippen molar-refractivity contribution in [1.82, 2.24) is 14.1 Å². The van der Waals surface area contributed by atoms with Crippen molar-refractivity contribution in [3.05, 3.63) is 0 Å². The largest absolute Gasteiger partial charge is 0.331 e. The van der Waals surface area contributed by atoms with Crippen molar-refractivity contribution in [3.63, 3.8) is 0 Å². The van der Waals surface area contributed by atoms with Crippen LogP contribution in [0.15, 0.2) is 0 Å². The van der Waals surface area contributed by atoms with Crippen LogP contribution in [0.4, 0.5) is 0 Å². The zero-order valence-electron chi connectivity index (χ0n) is 11.2. The second kappa shape index (κ2) is 10.0. The lowest BCUT2D eigenvalue weighted by Crippen LogP contribution is -2.41. The predicted octanol–water partition coefficient (Wildman–Crippen LogP) is 0.821. The van der Waals surface area contributed by atoms with E-state index in [1.54, 1.807) is 0 Å². The maximum absolute atomic E-state index is 10.9. The third kappa shape index (κ3) is 7.42. The van der Waals surface area contributed by atoms with Gasteiger partial charge in [0, 0.05) is 43.4 Å². The third-order valence-electron chi connectivity index (χ3n) is 2.61. The van der Waals surface area contributed by atoms with E-state index in [-0.39, 0.29) is 0 Å². The molecule has 20 heavy (non-hydrogen) atoms. The molecule has 1 rings (SSSR count). The van der Waals surface area contributed by atoms with E-state index in [0.717, 1.165) is 43.3 Å². The molecule has 1 atom stereocenters. The highest BCUT2D eigenvalue weighted by Crippen LogP contribution is 2.47. The van der Waals surface area contributed by atoms with E-state index in [4.69, 9.17) is 9.66 Å². The van der Waals surface area contributed by atoms with Crippen molar-refractivity contribution in [3.8, 4) is 0 Å². The minimum absolute atomic E-state index is 0.303. The summed E-state index contributed by atoms with van der Waals surface area (Å²) >= 11 is 6.91. The van der Waals surface area contributed by atoms with E-state index in [9.17, 15) is 8.42 Å². The molecule has 7 nitrogen and oxygen atoms in total. The van der Waals surface area contributed by atoms with Crippen molar-refractivity contribution in [2.45, 2.75) is 6.42 Å². The molecular weight excluding hydrogens is 435 g/mol. The molecule has 1 aliphatic heterocycles. The lowest BCUT2D eigenvalue weighted by molar-refractivity contribution is 0.211. The van der Waals surface area contributed by atoms with Gasteiger partial charge in [-0.1, -0.05) is 31.9 Å². The Balaban J connectivity index is 2.55. The first-order valence-electron chi connectivity index (χ1n) is 6.30. The number of nitrogens with one attached hydrogen (secondary N) is 1. The minimum atomic E-state index is -3.62. The molecule has 1 aliphatic rings. The number of hydrogen-bond donors (Lipinski definition) is 2. The SMILES string of the molecule is NS(=O)(=O)NCCN1CCCOP1N(CCBr)CCBr. The molecule has 1 fully saturated rings. The summed E-state index contributed by atoms with van der Waals surface area (Å²) in [7, 11) is -4.45. The Morgan fingerprint density at radius 2 is 2.00 bits per heavy atom. The van der Waals surface area contributed by atoms with Crippen LogP contribution in [0, 0.1) is 0 Å². The van der Waals surface area contributed by atoms with E-state index in [2.05, 4.69) is 45.9 Å². The Morgan fingerprint density at radius 3 is 2.55 bits per heavy atom. The highest BCUT2D eigenvalue weighted by Gasteiger charge is 2.29. The van der Waals surface area contributed by atoms with Crippen LogP contribution in [0.3, 0.4) is 0 Å². The average molecular weight is 456 g/mol. The van der Waals surface area contributed by atoms with Crippen LogP contribution in [0.5, 0.6) is 0 Å². The number of hydrogen-bond acceptors (Lipinski definition) is 5. The van der Waals surface area contributed by atoms with Gasteiger partial charge in [-0.15, -0.1) is 0 Å². The maximum atomic E-state index is 10.9. The summed E-state index contributed by atoms with van der Waals surface area (Å²) < 4.78 is 34.5. The van der Waals surface area contributed by atoms with Gasteiger partial charge in [0.15, 0.2) is 8.45 Å². The summed E-state index contributed by atoms with van der Waals surface area (Å²) in [6, 6.07) is 0.